The van der Waals surface area contributed by atoms with Gasteiger partial charge in [-0.05, 0) is 25.7 Å². The molecule has 2 heterocycles. The van der Waals surface area contributed by atoms with Gasteiger partial charge in [-0.3, -0.25) is 0 Å². The molecule has 3 rings (SSSR count). The molecule has 0 spiro atoms. The van der Waals surface area contributed by atoms with Gasteiger partial charge in [-0.15, -0.1) is 0 Å². The zero-order chi connectivity index (χ0) is 10.4. The van der Waals surface area contributed by atoms with Gasteiger partial charge in [0, 0.05) is 0 Å². The van der Waals surface area contributed by atoms with Gasteiger partial charge in [0.25, 0.3) is 0 Å². The summed E-state index contributed by atoms with van der Waals surface area (Å²) in [5.74, 6) is 0.744. The molecule has 1 aliphatic rings. The molecule has 1 atom stereocenters. The molecule has 0 radical (unpaired) electrons. The Kier molecular flexibility index (Phi) is 1.92. The van der Waals surface area contributed by atoms with Crippen molar-refractivity contribution in [1.82, 2.24) is 19.7 Å². The minimum absolute atomic E-state index is 0.398. The van der Waals surface area contributed by atoms with Crippen LogP contribution in [-0.2, 0) is 0 Å². The van der Waals surface area contributed by atoms with E-state index in [9.17, 15) is 0 Å². The van der Waals surface area contributed by atoms with Crippen molar-refractivity contribution in [2.75, 3.05) is 0 Å². The normalized spacial score (nSPS) is 18.3. The lowest BCUT2D eigenvalue weighted by Crippen LogP contribution is -2.09. The third-order valence-electron chi connectivity index (χ3n) is 2.96. The van der Waals surface area contributed by atoms with Crippen LogP contribution in [0.15, 0.2) is 12.4 Å². The van der Waals surface area contributed by atoms with Gasteiger partial charge >= 0.3 is 0 Å². The van der Waals surface area contributed by atoms with Gasteiger partial charge in [0.05, 0.1) is 18.4 Å². The highest BCUT2D eigenvalue weighted by Crippen LogP contribution is 2.39. The molecule has 1 fully saturated rings. The summed E-state index contributed by atoms with van der Waals surface area (Å²) in [6, 6.07) is 0.398. The molecule has 1 aliphatic carbocycles. The lowest BCUT2D eigenvalue weighted by Gasteiger charge is -2.10. The Bertz CT molecular complexity index is 503. The molecule has 0 saturated heterocycles. The summed E-state index contributed by atoms with van der Waals surface area (Å²) in [5.41, 5.74) is 1.61. The Labute approximate surface area is 92.3 Å². The Morgan fingerprint density at radius 2 is 2.27 bits per heavy atom. The first kappa shape index (κ1) is 9.09. The Hall–Kier alpha value is -1.16. The molecule has 0 amide bonds. The first-order valence-electron chi connectivity index (χ1n) is 5.11. The third kappa shape index (κ3) is 1.49. The van der Waals surface area contributed by atoms with Crippen molar-refractivity contribution in [2.45, 2.75) is 25.8 Å². The van der Waals surface area contributed by atoms with Gasteiger partial charge in [0.1, 0.15) is 10.7 Å². The van der Waals surface area contributed by atoms with Gasteiger partial charge in [-0.2, -0.15) is 5.10 Å². The Balaban J connectivity index is 2.13. The van der Waals surface area contributed by atoms with E-state index in [0.29, 0.717) is 11.2 Å². The van der Waals surface area contributed by atoms with Crippen LogP contribution in [-0.4, -0.2) is 19.7 Å². The zero-order valence-corrected chi connectivity index (χ0v) is 9.15. The molecule has 1 unspecified atom stereocenters. The topological polar surface area (TPSA) is 43.6 Å². The van der Waals surface area contributed by atoms with Crippen molar-refractivity contribution in [3.8, 4) is 0 Å². The van der Waals surface area contributed by atoms with E-state index in [0.717, 1.165) is 17.1 Å². The van der Waals surface area contributed by atoms with Crippen LogP contribution in [0.25, 0.3) is 11.2 Å². The number of nitrogens with zero attached hydrogens (tertiary/aromatic N) is 4. The summed E-state index contributed by atoms with van der Waals surface area (Å²) in [7, 11) is 0. The lowest BCUT2D eigenvalue weighted by molar-refractivity contribution is 0.451. The van der Waals surface area contributed by atoms with E-state index in [1.54, 1.807) is 12.4 Å². The van der Waals surface area contributed by atoms with Crippen molar-refractivity contribution in [1.29, 1.82) is 0 Å². The highest BCUT2D eigenvalue weighted by molar-refractivity contribution is 6.29. The second-order valence-electron chi connectivity index (χ2n) is 4.07. The van der Waals surface area contributed by atoms with E-state index in [4.69, 9.17) is 11.6 Å². The highest BCUT2D eigenvalue weighted by atomic mass is 35.5. The van der Waals surface area contributed by atoms with Crippen LogP contribution in [0.1, 0.15) is 25.8 Å². The average molecular weight is 223 g/mol. The smallest absolute Gasteiger partial charge is 0.178 e. The van der Waals surface area contributed by atoms with E-state index in [2.05, 4.69) is 22.0 Å². The number of aromatic nitrogens is 4. The number of hydrogen-bond donors (Lipinski definition) is 0. The summed E-state index contributed by atoms with van der Waals surface area (Å²) >= 11 is 5.83. The monoisotopic (exact) mass is 222 g/mol. The SMILES string of the molecule is CC(C1CC1)n1ncc2ncc(Cl)nc21. The fourth-order valence-corrected chi connectivity index (χ4v) is 2.00. The van der Waals surface area contributed by atoms with Crippen molar-refractivity contribution in [2.24, 2.45) is 5.92 Å². The van der Waals surface area contributed by atoms with E-state index < -0.39 is 0 Å². The second kappa shape index (κ2) is 3.17. The molecule has 2 aromatic heterocycles. The minimum atomic E-state index is 0.398. The van der Waals surface area contributed by atoms with Crippen LogP contribution in [0.5, 0.6) is 0 Å². The van der Waals surface area contributed by atoms with Crippen LogP contribution < -0.4 is 0 Å². The van der Waals surface area contributed by atoms with E-state index in [1.165, 1.54) is 12.8 Å². The fraction of sp³-hybridized carbons (Fsp3) is 0.500. The molecule has 0 bridgehead atoms. The van der Waals surface area contributed by atoms with Crippen molar-refractivity contribution < 1.29 is 0 Å². The molecule has 0 N–H and O–H groups in total. The quantitative estimate of drug-likeness (QED) is 0.784. The highest BCUT2D eigenvalue weighted by Gasteiger charge is 2.30. The fourth-order valence-electron chi connectivity index (χ4n) is 1.88. The predicted octanol–water partition coefficient (Wildman–Crippen LogP) is 2.45. The molecule has 5 heteroatoms. The van der Waals surface area contributed by atoms with Crippen LogP contribution in [0.4, 0.5) is 0 Å². The van der Waals surface area contributed by atoms with Crippen LogP contribution in [0, 0.1) is 5.92 Å². The molecule has 0 aromatic carbocycles. The number of hydrogen-bond acceptors (Lipinski definition) is 3. The van der Waals surface area contributed by atoms with E-state index in [1.807, 2.05) is 4.68 Å². The van der Waals surface area contributed by atoms with Gasteiger partial charge in [0.2, 0.25) is 0 Å². The van der Waals surface area contributed by atoms with Gasteiger partial charge in [0.15, 0.2) is 5.65 Å². The molecular formula is C10H11ClN4. The maximum Gasteiger partial charge on any atom is 0.178 e. The first-order valence-corrected chi connectivity index (χ1v) is 5.49. The zero-order valence-electron chi connectivity index (χ0n) is 8.39. The molecule has 78 valence electrons. The number of halogens is 1. The maximum absolute atomic E-state index is 5.83. The minimum Gasteiger partial charge on any atom is -0.248 e. The Morgan fingerprint density at radius 3 is 3.00 bits per heavy atom. The predicted molar refractivity (Wildman–Crippen MR) is 57.8 cm³/mol. The summed E-state index contributed by atoms with van der Waals surface area (Å²) in [6.45, 7) is 2.17. The molecule has 2 aromatic rings. The lowest BCUT2D eigenvalue weighted by atomic mass is 10.2. The van der Waals surface area contributed by atoms with Gasteiger partial charge in [-0.1, -0.05) is 11.6 Å². The van der Waals surface area contributed by atoms with Crippen LogP contribution in [0.3, 0.4) is 0 Å². The second-order valence-corrected chi connectivity index (χ2v) is 4.46. The molecule has 4 nitrogen and oxygen atoms in total. The Morgan fingerprint density at radius 1 is 1.47 bits per heavy atom. The number of rotatable bonds is 2. The summed E-state index contributed by atoms with van der Waals surface area (Å²) in [6.07, 6.45) is 5.88. The summed E-state index contributed by atoms with van der Waals surface area (Å²) in [4.78, 5) is 8.46. The van der Waals surface area contributed by atoms with E-state index >= 15 is 0 Å². The standard InChI is InChI=1S/C10H11ClN4/c1-6(7-2-3-7)15-10-8(4-13-15)12-5-9(11)14-10/h4-7H,2-3H2,1H3. The number of fused-ring (bicyclic) bond motifs is 1. The van der Waals surface area contributed by atoms with Crippen molar-refractivity contribution in [3.63, 3.8) is 0 Å². The van der Waals surface area contributed by atoms with Crippen LogP contribution >= 0.6 is 11.6 Å². The first-order chi connectivity index (χ1) is 7.25. The molecule has 0 aliphatic heterocycles. The summed E-state index contributed by atoms with van der Waals surface area (Å²) < 4.78 is 1.94. The van der Waals surface area contributed by atoms with Gasteiger partial charge in [-0.25, -0.2) is 14.6 Å². The molecule has 1 saturated carbocycles. The maximum atomic E-state index is 5.83. The largest absolute Gasteiger partial charge is 0.248 e. The van der Waals surface area contributed by atoms with Gasteiger partial charge < -0.3 is 0 Å². The average Bonchev–Trinajstić information content (AvgIpc) is 2.98. The van der Waals surface area contributed by atoms with Crippen LogP contribution in [0.2, 0.25) is 5.15 Å². The van der Waals surface area contributed by atoms with Crippen molar-refractivity contribution in [3.05, 3.63) is 17.5 Å². The molecule has 15 heavy (non-hydrogen) atoms. The summed E-state index contributed by atoms with van der Waals surface area (Å²) in [5, 5.41) is 4.75. The third-order valence-corrected chi connectivity index (χ3v) is 3.15. The van der Waals surface area contributed by atoms with Crippen molar-refractivity contribution >= 4 is 22.8 Å². The molecular weight excluding hydrogens is 212 g/mol. The van der Waals surface area contributed by atoms with E-state index in [-0.39, 0.29) is 0 Å².